The average Bonchev–Trinajstić information content (AvgIpc) is 3.11. The molecule has 2 fully saturated rings. The first-order valence-electron chi connectivity index (χ1n) is 16.4. The highest BCUT2D eigenvalue weighted by Crippen LogP contribution is 2.31. The Labute approximate surface area is 291 Å². The summed E-state index contributed by atoms with van der Waals surface area (Å²) in [4.78, 5) is 42.4. The molecule has 0 spiro atoms. The van der Waals surface area contributed by atoms with Gasteiger partial charge in [-0.15, -0.1) is 0 Å². The van der Waals surface area contributed by atoms with Crippen LogP contribution in [0, 0.1) is 23.3 Å². The Morgan fingerprint density at radius 2 is 1.75 bits per heavy atom. The molecule has 1 aromatic heterocycles. The second kappa shape index (κ2) is 17.9. The van der Waals surface area contributed by atoms with Crippen LogP contribution in [-0.4, -0.2) is 87.4 Å². The maximum absolute atomic E-state index is 15.2. The predicted molar refractivity (Wildman–Crippen MR) is 175 cm³/mol. The van der Waals surface area contributed by atoms with E-state index in [4.69, 9.17) is 18.9 Å². The Kier molecular flexibility index (Phi) is 13.2. The molecule has 5 atom stereocenters. The number of hydrogen-bond acceptors (Lipinski definition) is 9. The third-order valence-electron chi connectivity index (χ3n) is 8.59. The maximum Gasteiger partial charge on any atom is 0.407 e. The number of alkyl carbamates (subject to hydrolysis) is 2. The van der Waals surface area contributed by atoms with Gasteiger partial charge in [-0.3, -0.25) is 9.78 Å². The fourth-order valence-electron chi connectivity index (χ4n) is 6.03. The molecule has 0 bridgehead atoms. The number of morpholine rings is 1. The Bertz CT molecular complexity index is 1630. The van der Waals surface area contributed by atoms with Crippen molar-refractivity contribution in [1.29, 1.82) is 0 Å². The molecule has 3 amide bonds. The molecular weight excluding hydrogens is 678 g/mol. The van der Waals surface area contributed by atoms with Crippen molar-refractivity contribution in [2.24, 2.45) is 0 Å². The van der Waals surface area contributed by atoms with Crippen LogP contribution in [-0.2, 0) is 30.2 Å². The summed E-state index contributed by atoms with van der Waals surface area (Å²) in [6.07, 6.45) is 2.43. The van der Waals surface area contributed by atoms with Gasteiger partial charge in [0.05, 0.1) is 56.6 Å². The normalized spacial score (nSPS) is 20.1. The average molecular weight is 718 g/mol. The van der Waals surface area contributed by atoms with Crippen molar-refractivity contribution < 1.29 is 50.9 Å². The van der Waals surface area contributed by atoms with Gasteiger partial charge >= 0.3 is 12.2 Å². The van der Waals surface area contributed by atoms with Crippen LogP contribution in [0.1, 0.15) is 41.9 Å². The third-order valence-corrected chi connectivity index (χ3v) is 8.59. The quantitative estimate of drug-likeness (QED) is 0.201. The van der Waals surface area contributed by atoms with E-state index in [1.807, 2.05) is 0 Å². The lowest BCUT2D eigenvalue weighted by Crippen LogP contribution is -2.50. The van der Waals surface area contributed by atoms with Crippen molar-refractivity contribution in [3.8, 4) is 0 Å². The molecule has 2 saturated heterocycles. The Balaban J connectivity index is 1.25. The zero-order chi connectivity index (χ0) is 36.3. The molecule has 0 saturated carbocycles. The van der Waals surface area contributed by atoms with Gasteiger partial charge in [0.1, 0.15) is 35.9 Å². The largest absolute Gasteiger partial charge is 0.453 e. The summed E-state index contributed by atoms with van der Waals surface area (Å²) in [5.41, 5.74) is 0.283. The number of ether oxygens (including phenoxy) is 4. The van der Waals surface area contributed by atoms with Gasteiger partial charge in [-0.25, -0.2) is 27.2 Å². The van der Waals surface area contributed by atoms with E-state index < -0.39 is 53.3 Å². The molecule has 2 aliphatic heterocycles. The van der Waals surface area contributed by atoms with Crippen molar-refractivity contribution in [2.75, 3.05) is 45.4 Å². The van der Waals surface area contributed by atoms with E-state index in [-0.39, 0.29) is 60.2 Å². The van der Waals surface area contributed by atoms with E-state index in [0.717, 1.165) is 50.4 Å². The maximum atomic E-state index is 15.2. The van der Waals surface area contributed by atoms with Crippen LogP contribution in [0.5, 0.6) is 0 Å². The molecule has 0 aliphatic carbocycles. The molecule has 2 aliphatic rings. The summed E-state index contributed by atoms with van der Waals surface area (Å²) in [5.74, 6) is -5.34. The van der Waals surface area contributed by atoms with Crippen LogP contribution in [0.3, 0.4) is 0 Å². The van der Waals surface area contributed by atoms with Crippen LogP contribution in [0.25, 0.3) is 0 Å². The topological polar surface area (TPSA) is 149 Å². The molecule has 51 heavy (non-hydrogen) atoms. The van der Waals surface area contributed by atoms with Crippen LogP contribution in [0.2, 0.25) is 0 Å². The van der Waals surface area contributed by atoms with Gasteiger partial charge in [0.15, 0.2) is 0 Å². The molecule has 16 heteroatoms. The van der Waals surface area contributed by atoms with Gasteiger partial charge in [0, 0.05) is 30.7 Å². The molecule has 3 aromatic rings. The summed E-state index contributed by atoms with van der Waals surface area (Å²) in [5, 5.41) is 11.0. The number of anilines is 1. The fraction of sp³-hybridized carbons (Fsp3) is 0.429. The second-order valence-corrected chi connectivity index (χ2v) is 12.2. The highest BCUT2D eigenvalue weighted by atomic mass is 19.1. The van der Waals surface area contributed by atoms with Crippen molar-refractivity contribution in [2.45, 2.75) is 55.8 Å². The van der Waals surface area contributed by atoms with Gasteiger partial charge in [0.2, 0.25) is 5.91 Å². The first-order chi connectivity index (χ1) is 24.6. The zero-order valence-electron chi connectivity index (χ0n) is 27.8. The van der Waals surface area contributed by atoms with E-state index in [1.54, 1.807) is 0 Å². The van der Waals surface area contributed by atoms with Gasteiger partial charge in [-0.05, 0) is 61.1 Å². The smallest absolute Gasteiger partial charge is 0.407 e. The predicted octanol–water partition coefficient (Wildman–Crippen LogP) is 4.33. The van der Waals surface area contributed by atoms with Crippen molar-refractivity contribution >= 4 is 23.8 Å². The van der Waals surface area contributed by atoms with Gasteiger partial charge < -0.3 is 40.2 Å². The van der Waals surface area contributed by atoms with E-state index >= 15 is 4.39 Å². The highest BCUT2D eigenvalue weighted by Gasteiger charge is 2.34. The lowest BCUT2D eigenvalue weighted by molar-refractivity contribution is -0.118. The molecular formula is C35H39F4N5O7. The lowest BCUT2D eigenvalue weighted by atomic mass is 9.84. The van der Waals surface area contributed by atoms with Crippen LogP contribution in [0.15, 0.2) is 54.9 Å². The summed E-state index contributed by atoms with van der Waals surface area (Å²) >= 11 is 0. The number of amides is 3. The molecule has 0 unspecified atom stereocenters. The molecule has 2 aromatic carbocycles. The number of methoxy groups -OCH3 is 1. The van der Waals surface area contributed by atoms with Gasteiger partial charge in [-0.2, -0.15) is 0 Å². The number of hydrogen-bond donors (Lipinski definition) is 4. The van der Waals surface area contributed by atoms with Gasteiger partial charge in [0.25, 0.3) is 0 Å². The number of rotatable bonds is 12. The molecule has 3 heterocycles. The number of nitrogens with one attached hydrogen (secondary N) is 4. The van der Waals surface area contributed by atoms with Crippen molar-refractivity contribution in [1.82, 2.24) is 20.9 Å². The first kappa shape index (κ1) is 37.5. The number of pyridine rings is 1. The van der Waals surface area contributed by atoms with E-state index in [1.165, 1.54) is 18.3 Å². The number of benzene rings is 2. The highest BCUT2D eigenvalue weighted by molar-refractivity contribution is 5.98. The molecule has 274 valence electrons. The Hall–Kier alpha value is -4.80. The standard InChI is InChI=1S/C35H39F4N5O7/c1-48-34(46)44-32(31(20-4-6-22(36)7-5-20)21-11-23(37)13-24(38)12-21)33(45)43-30-16-40-15-29(39)28(30)9-8-27-14-41-26(18-50-27)19-51-35(47)42-25-3-2-10-49-17-25/h4-7,11-13,15-16,25-27,31-32,41H,2-3,8-10,14,17-19H2,1H3,(H,42,47)(H,43,45)(H,44,46)/t25-,26+,27-,31+,32-/m1/s1. The minimum absolute atomic E-state index is 0.00984. The summed E-state index contributed by atoms with van der Waals surface area (Å²) in [6, 6.07) is 5.53. The zero-order valence-corrected chi connectivity index (χ0v) is 27.8. The Morgan fingerprint density at radius 3 is 2.41 bits per heavy atom. The van der Waals surface area contributed by atoms with Crippen LogP contribution in [0.4, 0.5) is 32.8 Å². The number of carbonyl (C=O) groups excluding carboxylic acids is 3. The summed E-state index contributed by atoms with van der Waals surface area (Å²) < 4.78 is 79.2. The molecule has 12 nitrogen and oxygen atoms in total. The first-order valence-corrected chi connectivity index (χ1v) is 16.4. The third kappa shape index (κ3) is 10.6. The number of nitrogens with zero attached hydrogens (tertiary/aromatic N) is 1. The summed E-state index contributed by atoms with van der Waals surface area (Å²) in [6.45, 7) is 1.83. The van der Waals surface area contributed by atoms with Crippen LogP contribution < -0.4 is 21.3 Å². The van der Waals surface area contributed by atoms with Crippen LogP contribution >= 0.6 is 0 Å². The molecule has 5 rings (SSSR count). The minimum Gasteiger partial charge on any atom is -0.453 e. The van der Waals surface area contributed by atoms with Crippen molar-refractivity contribution in [3.05, 3.63) is 94.8 Å². The minimum atomic E-state index is -1.58. The number of halogens is 4. The number of aromatic nitrogens is 1. The second-order valence-electron chi connectivity index (χ2n) is 12.2. The fourth-order valence-corrected chi connectivity index (χ4v) is 6.03. The summed E-state index contributed by atoms with van der Waals surface area (Å²) in [7, 11) is 1.07. The monoisotopic (exact) mass is 717 g/mol. The van der Waals surface area contributed by atoms with Gasteiger partial charge in [-0.1, -0.05) is 12.1 Å². The molecule has 0 radical (unpaired) electrons. The Morgan fingerprint density at radius 1 is 0.980 bits per heavy atom. The SMILES string of the molecule is COC(=O)N[C@@H](C(=O)Nc1cncc(F)c1CC[C@@H]1CN[C@H](COC(=O)N[C@@H]2CCCOC2)CO1)[C@@H](c1ccc(F)cc1)c1cc(F)cc(F)c1. The van der Waals surface area contributed by atoms with E-state index in [9.17, 15) is 27.6 Å². The lowest BCUT2D eigenvalue weighted by Gasteiger charge is -2.30. The van der Waals surface area contributed by atoms with E-state index in [2.05, 4.69) is 26.3 Å². The van der Waals surface area contributed by atoms with E-state index in [0.29, 0.717) is 32.2 Å². The van der Waals surface area contributed by atoms with Crippen molar-refractivity contribution in [3.63, 3.8) is 0 Å². The molecule has 4 N–H and O–H groups in total. The number of carbonyl (C=O) groups is 3.